The Morgan fingerprint density at radius 1 is 0.930 bits per heavy atom. The maximum absolute atomic E-state index is 10.4. The summed E-state index contributed by atoms with van der Waals surface area (Å²) in [5.41, 5.74) is 4.54. The number of hydrogen-bond acceptors (Lipinski definition) is 9. The average Bonchev–Trinajstić information content (AvgIpc) is 3.03. The van der Waals surface area contributed by atoms with Crippen LogP contribution in [0.4, 0.5) is 5.69 Å². The van der Waals surface area contributed by atoms with Crippen LogP contribution in [0, 0.1) is 0 Å². The van der Waals surface area contributed by atoms with Gasteiger partial charge in [-0.25, -0.2) is 0 Å². The molecular weight excluding hydrogens is 548 g/mol. The summed E-state index contributed by atoms with van der Waals surface area (Å²) in [5, 5.41) is 13.9. The Kier molecular flexibility index (Phi) is 14.5. The van der Waals surface area contributed by atoms with Crippen LogP contribution in [0.2, 0.25) is 0 Å². The molecule has 2 aromatic carbocycles. The van der Waals surface area contributed by atoms with Gasteiger partial charge in [-0.15, -0.1) is 0 Å². The first-order valence-corrected chi connectivity index (χ1v) is 15.9. The fourth-order valence-corrected chi connectivity index (χ4v) is 5.84. The first-order valence-electron chi connectivity index (χ1n) is 15.9. The number of fused-ring (bicyclic) bond motifs is 1. The minimum atomic E-state index is -0.464. The van der Waals surface area contributed by atoms with Crippen LogP contribution in [-0.2, 0) is 36.9 Å². The zero-order chi connectivity index (χ0) is 30.3. The number of hydrogen-bond donors (Lipinski definition) is 2. The van der Waals surface area contributed by atoms with Crippen LogP contribution in [0.25, 0.3) is 0 Å². The van der Waals surface area contributed by atoms with Crippen LogP contribution in [-0.4, -0.2) is 96.9 Å². The summed E-state index contributed by atoms with van der Waals surface area (Å²) in [5.74, 6) is 0.949. The summed E-state index contributed by atoms with van der Waals surface area (Å²) < 4.78 is 35.1. The molecular formula is C34H52N2O7. The molecule has 0 spiro atoms. The zero-order valence-corrected chi connectivity index (χ0v) is 26.3. The molecule has 2 aliphatic rings. The minimum absolute atomic E-state index is 0.0262. The second-order valence-corrected chi connectivity index (χ2v) is 11.5. The van der Waals surface area contributed by atoms with E-state index in [4.69, 9.17) is 28.4 Å². The standard InChI is InChI=1S/C34H52N2O7/c1-4-7-29(37)25-43-33-22-35-21-32(34(33)28-11-8-26(9-12-28)23-40-18-6-17-39-3)42-24-27-10-13-31-30(20-27)36(15-19-41-31)14-5-16-38-2/h8-13,20,29,32-35,37H,4-7,14-19,21-25H2,1-3H3/t29-,32-,33+,34+/m0/s1. The van der Waals surface area contributed by atoms with Gasteiger partial charge in [-0.1, -0.05) is 43.7 Å². The Bertz CT molecular complexity index is 1050. The lowest BCUT2D eigenvalue weighted by atomic mass is 9.85. The highest BCUT2D eigenvalue weighted by molar-refractivity contribution is 5.61. The number of anilines is 1. The van der Waals surface area contributed by atoms with E-state index in [0.29, 0.717) is 46.2 Å². The smallest absolute Gasteiger partial charge is 0.142 e. The number of benzene rings is 2. The van der Waals surface area contributed by atoms with Gasteiger partial charge in [0.1, 0.15) is 12.4 Å². The van der Waals surface area contributed by atoms with E-state index < -0.39 is 6.10 Å². The molecule has 0 radical (unpaired) electrons. The van der Waals surface area contributed by atoms with Crippen molar-refractivity contribution in [3.8, 4) is 5.75 Å². The molecule has 2 heterocycles. The molecule has 4 rings (SSSR count). The van der Waals surface area contributed by atoms with E-state index >= 15 is 0 Å². The van der Waals surface area contributed by atoms with Gasteiger partial charge in [-0.3, -0.25) is 0 Å². The van der Waals surface area contributed by atoms with Crippen LogP contribution in [0.15, 0.2) is 42.5 Å². The fraction of sp³-hybridized carbons (Fsp3) is 0.647. The monoisotopic (exact) mass is 600 g/mol. The van der Waals surface area contributed by atoms with Crippen molar-refractivity contribution < 1.29 is 33.5 Å². The van der Waals surface area contributed by atoms with E-state index in [2.05, 4.69) is 59.6 Å². The van der Waals surface area contributed by atoms with Gasteiger partial charge in [-0.05, 0) is 48.1 Å². The molecule has 4 atom stereocenters. The van der Waals surface area contributed by atoms with Crippen molar-refractivity contribution in [2.75, 3.05) is 78.3 Å². The van der Waals surface area contributed by atoms with E-state index in [9.17, 15) is 5.11 Å². The molecule has 0 aliphatic carbocycles. The highest BCUT2D eigenvalue weighted by Gasteiger charge is 2.36. The van der Waals surface area contributed by atoms with Gasteiger partial charge in [0.25, 0.3) is 0 Å². The number of nitrogens with one attached hydrogen (secondary N) is 1. The van der Waals surface area contributed by atoms with E-state index in [0.717, 1.165) is 74.5 Å². The Labute approximate surface area is 257 Å². The summed E-state index contributed by atoms with van der Waals surface area (Å²) in [6, 6.07) is 15.0. The quantitative estimate of drug-likeness (QED) is 0.229. The van der Waals surface area contributed by atoms with Crippen molar-refractivity contribution in [2.24, 2.45) is 0 Å². The third-order valence-electron chi connectivity index (χ3n) is 8.11. The molecule has 0 bridgehead atoms. The first kappa shape index (κ1) is 33.6. The molecule has 9 nitrogen and oxygen atoms in total. The SMILES string of the molecule is CCC[C@H](O)CO[C@@H]1CNC[C@H](OCc2ccc3c(c2)N(CCCOC)CCO3)[C@H]1c1ccc(COCCCOC)cc1. The fourth-order valence-electron chi connectivity index (χ4n) is 5.84. The van der Waals surface area contributed by atoms with Gasteiger partial charge >= 0.3 is 0 Å². The topological polar surface area (TPSA) is 90.9 Å². The number of aliphatic hydroxyl groups is 1. The number of aliphatic hydroxyl groups excluding tert-OH is 1. The average molecular weight is 601 g/mol. The van der Waals surface area contributed by atoms with Crippen molar-refractivity contribution in [3.63, 3.8) is 0 Å². The second kappa shape index (κ2) is 18.5. The van der Waals surface area contributed by atoms with Crippen LogP contribution in [0.3, 0.4) is 0 Å². The summed E-state index contributed by atoms with van der Waals surface area (Å²) in [7, 11) is 3.45. The predicted octanol–water partition coefficient (Wildman–Crippen LogP) is 4.29. The number of methoxy groups -OCH3 is 2. The minimum Gasteiger partial charge on any atom is -0.490 e. The summed E-state index contributed by atoms with van der Waals surface area (Å²) in [4.78, 5) is 2.38. The Morgan fingerprint density at radius 3 is 2.44 bits per heavy atom. The molecule has 240 valence electrons. The summed E-state index contributed by atoms with van der Waals surface area (Å²) in [6.07, 6.45) is 2.84. The molecule has 0 amide bonds. The molecule has 0 saturated carbocycles. The van der Waals surface area contributed by atoms with Crippen molar-refractivity contribution in [2.45, 2.75) is 70.1 Å². The maximum Gasteiger partial charge on any atom is 0.142 e. The predicted molar refractivity (Wildman–Crippen MR) is 168 cm³/mol. The normalized spacial score (nSPS) is 20.9. The van der Waals surface area contributed by atoms with Gasteiger partial charge in [0.05, 0.1) is 50.4 Å². The zero-order valence-electron chi connectivity index (χ0n) is 26.3. The molecule has 0 unspecified atom stereocenters. The van der Waals surface area contributed by atoms with E-state index in [1.54, 1.807) is 14.2 Å². The van der Waals surface area contributed by atoms with Crippen molar-refractivity contribution in [1.82, 2.24) is 5.32 Å². The van der Waals surface area contributed by atoms with Gasteiger partial charge in [-0.2, -0.15) is 0 Å². The highest BCUT2D eigenvalue weighted by atomic mass is 16.5. The molecule has 43 heavy (non-hydrogen) atoms. The number of rotatable bonds is 19. The molecule has 0 aromatic heterocycles. The molecule has 9 heteroatoms. The summed E-state index contributed by atoms with van der Waals surface area (Å²) >= 11 is 0. The Morgan fingerprint density at radius 2 is 1.67 bits per heavy atom. The molecule has 2 N–H and O–H groups in total. The first-order chi connectivity index (χ1) is 21.1. The molecule has 1 fully saturated rings. The lowest BCUT2D eigenvalue weighted by Gasteiger charge is -2.39. The van der Waals surface area contributed by atoms with Crippen molar-refractivity contribution in [1.29, 1.82) is 0 Å². The second-order valence-electron chi connectivity index (χ2n) is 11.5. The highest BCUT2D eigenvalue weighted by Crippen LogP contribution is 2.35. The van der Waals surface area contributed by atoms with Crippen LogP contribution >= 0.6 is 0 Å². The van der Waals surface area contributed by atoms with Crippen LogP contribution in [0.1, 0.15) is 55.2 Å². The maximum atomic E-state index is 10.4. The van der Waals surface area contributed by atoms with E-state index in [1.165, 1.54) is 5.56 Å². The van der Waals surface area contributed by atoms with E-state index in [-0.39, 0.29) is 18.1 Å². The van der Waals surface area contributed by atoms with Crippen molar-refractivity contribution >= 4 is 5.69 Å². The van der Waals surface area contributed by atoms with Gasteiger partial charge in [0.15, 0.2) is 0 Å². The van der Waals surface area contributed by atoms with Crippen LogP contribution < -0.4 is 15.0 Å². The summed E-state index contributed by atoms with van der Waals surface area (Å²) in [6.45, 7) is 9.51. The van der Waals surface area contributed by atoms with Crippen molar-refractivity contribution in [3.05, 3.63) is 59.2 Å². The number of piperidine rings is 1. The third-order valence-corrected chi connectivity index (χ3v) is 8.11. The Hall–Kier alpha value is -2.24. The largest absolute Gasteiger partial charge is 0.490 e. The third kappa shape index (κ3) is 10.4. The lowest BCUT2D eigenvalue weighted by molar-refractivity contribution is -0.0783. The van der Waals surface area contributed by atoms with E-state index in [1.807, 2.05) is 0 Å². The lowest BCUT2D eigenvalue weighted by Crippen LogP contribution is -2.51. The molecule has 2 aliphatic heterocycles. The molecule has 1 saturated heterocycles. The van der Waals surface area contributed by atoms with Gasteiger partial charge < -0.3 is 43.7 Å². The van der Waals surface area contributed by atoms with Crippen LogP contribution in [0.5, 0.6) is 5.75 Å². The Balaban J connectivity index is 1.45. The van der Waals surface area contributed by atoms with Gasteiger partial charge in [0.2, 0.25) is 0 Å². The number of ether oxygens (including phenoxy) is 6. The molecule has 2 aromatic rings. The van der Waals surface area contributed by atoms with Gasteiger partial charge in [0, 0.05) is 59.6 Å². The number of nitrogens with zero attached hydrogens (tertiary/aromatic N) is 1.